The molecule has 0 amide bonds. The minimum atomic E-state index is 0.130. The summed E-state index contributed by atoms with van der Waals surface area (Å²) in [6.07, 6.45) is 0.130. The third-order valence-electron chi connectivity index (χ3n) is 2.11. The summed E-state index contributed by atoms with van der Waals surface area (Å²) in [7, 11) is 0. The quantitative estimate of drug-likeness (QED) is 0.933. The topological polar surface area (TPSA) is 48.1 Å². The zero-order chi connectivity index (χ0) is 12.4. The number of anilines is 1. The Balaban J connectivity index is 2.48. The highest BCUT2D eigenvalue weighted by molar-refractivity contribution is 9.11. The third kappa shape index (κ3) is 2.79. The zero-order valence-electron chi connectivity index (χ0n) is 9.61. The maximum atomic E-state index is 5.77. The van der Waals surface area contributed by atoms with Crippen molar-refractivity contribution in [1.29, 1.82) is 0 Å². The lowest BCUT2D eigenvalue weighted by atomic mass is 10.1. The molecule has 0 fully saturated rings. The number of nitrogens with zero attached hydrogens (tertiary/aromatic N) is 1. The monoisotopic (exact) mass is 312 g/mol. The van der Waals surface area contributed by atoms with E-state index >= 15 is 0 Å². The fourth-order valence-corrected chi connectivity index (χ4v) is 2.87. The van der Waals surface area contributed by atoms with E-state index in [1.54, 1.807) is 0 Å². The van der Waals surface area contributed by atoms with Crippen molar-refractivity contribution in [1.82, 2.24) is 4.98 Å². The average Bonchev–Trinajstić information content (AvgIpc) is 2.58. The Morgan fingerprint density at radius 2 is 2.06 bits per heavy atom. The summed E-state index contributed by atoms with van der Waals surface area (Å²) < 4.78 is 6.69. The number of para-hydroxylation sites is 1. The summed E-state index contributed by atoms with van der Waals surface area (Å²) in [4.78, 5) is 4.32. The summed E-state index contributed by atoms with van der Waals surface area (Å²) >= 11 is 4.89. The van der Waals surface area contributed by atoms with E-state index in [0.29, 0.717) is 5.13 Å². The molecule has 1 aromatic heterocycles. The minimum Gasteiger partial charge on any atom is -0.490 e. The number of halogens is 1. The van der Waals surface area contributed by atoms with Gasteiger partial charge >= 0.3 is 0 Å². The Hall–Kier alpha value is -1.07. The van der Waals surface area contributed by atoms with Crippen LogP contribution in [0.15, 0.2) is 28.1 Å². The number of nitrogen functional groups attached to an aromatic ring is 1. The lowest BCUT2D eigenvalue weighted by Crippen LogP contribution is -2.06. The lowest BCUT2D eigenvalue weighted by Gasteiger charge is -2.13. The Kier molecular flexibility index (Phi) is 3.69. The standard InChI is InChI=1S/C12H13BrN2OS/c1-7(2)16-9-6-4-3-5-8(9)10-11(13)17-12(14)15-10/h3-7H,1-2H3,(H2,14,15). The van der Waals surface area contributed by atoms with E-state index in [2.05, 4.69) is 20.9 Å². The van der Waals surface area contributed by atoms with E-state index in [9.17, 15) is 0 Å². The van der Waals surface area contributed by atoms with Gasteiger partial charge in [0.15, 0.2) is 5.13 Å². The number of ether oxygens (including phenoxy) is 1. The van der Waals surface area contributed by atoms with Gasteiger partial charge in [-0.3, -0.25) is 0 Å². The number of nitrogens with two attached hydrogens (primary N) is 1. The van der Waals surface area contributed by atoms with Crippen molar-refractivity contribution in [3.05, 3.63) is 28.1 Å². The van der Waals surface area contributed by atoms with Gasteiger partial charge in [-0.2, -0.15) is 0 Å². The molecule has 1 heterocycles. The van der Waals surface area contributed by atoms with E-state index in [0.717, 1.165) is 20.8 Å². The zero-order valence-corrected chi connectivity index (χ0v) is 12.0. The largest absolute Gasteiger partial charge is 0.490 e. The molecule has 2 N–H and O–H groups in total. The highest BCUT2D eigenvalue weighted by Crippen LogP contribution is 2.38. The molecule has 90 valence electrons. The molecule has 2 aromatic rings. The number of thiazole rings is 1. The summed E-state index contributed by atoms with van der Waals surface area (Å²) in [6, 6.07) is 7.84. The first-order valence-corrected chi connectivity index (χ1v) is 6.86. The molecule has 0 bridgehead atoms. The number of hydrogen-bond acceptors (Lipinski definition) is 4. The van der Waals surface area contributed by atoms with Crippen LogP contribution < -0.4 is 10.5 Å². The predicted octanol–water partition coefficient (Wildman–Crippen LogP) is 3.94. The van der Waals surface area contributed by atoms with Crippen LogP contribution in [0.5, 0.6) is 5.75 Å². The van der Waals surface area contributed by atoms with Crippen molar-refractivity contribution in [2.75, 3.05) is 5.73 Å². The van der Waals surface area contributed by atoms with E-state index in [1.807, 2.05) is 38.1 Å². The fraction of sp³-hybridized carbons (Fsp3) is 0.250. The van der Waals surface area contributed by atoms with Crippen LogP contribution in [-0.4, -0.2) is 11.1 Å². The fourth-order valence-electron chi connectivity index (χ4n) is 1.50. The van der Waals surface area contributed by atoms with Gasteiger partial charge in [0.05, 0.1) is 9.89 Å². The predicted molar refractivity (Wildman–Crippen MR) is 75.4 cm³/mol. The smallest absolute Gasteiger partial charge is 0.181 e. The second kappa shape index (κ2) is 5.06. The van der Waals surface area contributed by atoms with Crippen LogP contribution in [-0.2, 0) is 0 Å². The molecule has 0 atom stereocenters. The Morgan fingerprint density at radius 3 is 2.65 bits per heavy atom. The van der Waals surface area contributed by atoms with Crippen molar-refractivity contribution in [2.45, 2.75) is 20.0 Å². The molecular formula is C12H13BrN2OS. The van der Waals surface area contributed by atoms with E-state index < -0.39 is 0 Å². The van der Waals surface area contributed by atoms with Crippen molar-refractivity contribution >= 4 is 32.4 Å². The molecule has 0 spiro atoms. The highest BCUT2D eigenvalue weighted by atomic mass is 79.9. The van der Waals surface area contributed by atoms with E-state index in [-0.39, 0.29) is 6.10 Å². The summed E-state index contributed by atoms with van der Waals surface area (Å²) in [6.45, 7) is 4.00. The first-order chi connectivity index (χ1) is 8.08. The molecular weight excluding hydrogens is 300 g/mol. The molecule has 2 rings (SSSR count). The molecule has 0 saturated heterocycles. The van der Waals surface area contributed by atoms with Crippen LogP contribution in [0.3, 0.4) is 0 Å². The molecule has 0 saturated carbocycles. The van der Waals surface area contributed by atoms with Gasteiger partial charge in [-0.15, -0.1) is 0 Å². The van der Waals surface area contributed by atoms with Crippen LogP contribution in [0.2, 0.25) is 0 Å². The molecule has 0 aliphatic carbocycles. The number of benzene rings is 1. The Bertz CT molecular complexity index is 525. The SMILES string of the molecule is CC(C)Oc1ccccc1-c1nc(N)sc1Br. The minimum absolute atomic E-state index is 0.130. The first-order valence-electron chi connectivity index (χ1n) is 5.25. The lowest BCUT2D eigenvalue weighted by molar-refractivity contribution is 0.243. The van der Waals surface area contributed by atoms with Gasteiger partial charge < -0.3 is 10.5 Å². The van der Waals surface area contributed by atoms with E-state index in [1.165, 1.54) is 11.3 Å². The van der Waals surface area contributed by atoms with Gasteiger partial charge in [0.25, 0.3) is 0 Å². The Labute approximate surface area is 113 Å². The van der Waals surface area contributed by atoms with Gasteiger partial charge in [0.1, 0.15) is 11.4 Å². The van der Waals surface area contributed by atoms with Crippen LogP contribution in [0.1, 0.15) is 13.8 Å². The first kappa shape index (κ1) is 12.4. The number of aromatic nitrogens is 1. The maximum absolute atomic E-state index is 5.77. The van der Waals surface area contributed by atoms with Crippen molar-refractivity contribution in [3.8, 4) is 17.0 Å². The van der Waals surface area contributed by atoms with Crippen LogP contribution in [0, 0.1) is 0 Å². The van der Waals surface area contributed by atoms with Crippen molar-refractivity contribution in [3.63, 3.8) is 0 Å². The van der Waals surface area contributed by atoms with Crippen molar-refractivity contribution in [2.24, 2.45) is 0 Å². The van der Waals surface area contributed by atoms with E-state index in [4.69, 9.17) is 10.5 Å². The molecule has 17 heavy (non-hydrogen) atoms. The van der Waals surface area contributed by atoms with Gasteiger partial charge in [-0.05, 0) is 41.9 Å². The molecule has 3 nitrogen and oxygen atoms in total. The molecule has 0 unspecified atom stereocenters. The van der Waals surface area contributed by atoms with Crippen LogP contribution in [0.25, 0.3) is 11.3 Å². The Morgan fingerprint density at radius 1 is 1.35 bits per heavy atom. The third-order valence-corrected chi connectivity index (χ3v) is 3.64. The summed E-state index contributed by atoms with van der Waals surface area (Å²) in [5, 5.41) is 0.547. The van der Waals surface area contributed by atoms with Gasteiger partial charge in [-0.25, -0.2) is 4.98 Å². The normalized spacial score (nSPS) is 10.8. The van der Waals surface area contributed by atoms with Gasteiger partial charge in [0.2, 0.25) is 0 Å². The van der Waals surface area contributed by atoms with Crippen LogP contribution in [0.4, 0.5) is 5.13 Å². The van der Waals surface area contributed by atoms with Crippen LogP contribution >= 0.6 is 27.3 Å². The molecule has 0 aliphatic heterocycles. The maximum Gasteiger partial charge on any atom is 0.181 e. The van der Waals surface area contributed by atoms with Gasteiger partial charge in [-0.1, -0.05) is 23.5 Å². The number of hydrogen-bond donors (Lipinski definition) is 1. The molecule has 5 heteroatoms. The second-order valence-electron chi connectivity index (χ2n) is 3.84. The second-order valence-corrected chi connectivity index (χ2v) is 6.19. The van der Waals surface area contributed by atoms with Gasteiger partial charge in [0, 0.05) is 5.56 Å². The molecule has 0 radical (unpaired) electrons. The number of rotatable bonds is 3. The average molecular weight is 313 g/mol. The summed E-state index contributed by atoms with van der Waals surface area (Å²) in [5.74, 6) is 0.827. The highest BCUT2D eigenvalue weighted by Gasteiger charge is 2.14. The molecule has 1 aromatic carbocycles. The van der Waals surface area contributed by atoms with Crippen molar-refractivity contribution < 1.29 is 4.74 Å². The summed E-state index contributed by atoms with van der Waals surface area (Å²) in [5.41, 5.74) is 7.50. The molecule has 0 aliphatic rings.